The number of hydrogen-bond donors (Lipinski definition) is 1. The van der Waals surface area contributed by atoms with Crippen LogP contribution in [-0.2, 0) is 7.05 Å². The van der Waals surface area contributed by atoms with Crippen LogP contribution in [0.3, 0.4) is 0 Å². The van der Waals surface area contributed by atoms with Crippen molar-refractivity contribution in [3.63, 3.8) is 0 Å². The number of hydrogen-bond acceptors (Lipinski definition) is 2. The molecule has 4 heteroatoms. The second-order valence-electron chi connectivity index (χ2n) is 2.37. The highest BCUT2D eigenvalue weighted by Gasteiger charge is 2.06. The van der Waals surface area contributed by atoms with Crippen molar-refractivity contribution in [1.29, 1.82) is 0 Å². The number of thiol groups is 1. The normalized spacial score (nSPS) is 10.2. The highest BCUT2D eigenvalue weighted by Crippen LogP contribution is 2.11. The van der Waals surface area contributed by atoms with E-state index in [1.807, 2.05) is 0 Å². The lowest BCUT2D eigenvalue weighted by atomic mass is 10.3. The maximum absolute atomic E-state index is 12.9. The van der Waals surface area contributed by atoms with Crippen molar-refractivity contribution in [3.8, 4) is 0 Å². The number of pyridine rings is 1. The first-order chi connectivity index (χ1) is 5.04. The Morgan fingerprint density at radius 3 is 2.73 bits per heavy atom. The maximum Gasteiger partial charge on any atom is 0.256 e. The molecule has 0 aromatic carbocycles. The Balaban J connectivity index is 3.59. The van der Waals surface area contributed by atoms with Crippen LogP contribution in [0.4, 0.5) is 4.39 Å². The van der Waals surface area contributed by atoms with Crippen LogP contribution in [0.5, 0.6) is 0 Å². The Morgan fingerprint density at radius 2 is 2.18 bits per heavy atom. The molecule has 2 nitrogen and oxygen atoms in total. The number of nitrogens with zero attached hydrogens (tertiary/aromatic N) is 1. The summed E-state index contributed by atoms with van der Waals surface area (Å²) >= 11 is 3.85. The van der Waals surface area contributed by atoms with Crippen LogP contribution in [0, 0.1) is 12.7 Å². The smallest absolute Gasteiger partial charge is 0.256 e. The summed E-state index contributed by atoms with van der Waals surface area (Å²) in [5.74, 6) is -0.531. The van der Waals surface area contributed by atoms with Crippen LogP contribution in [0.2, 0.25) is 0 Å². The summed E-state index contributed by atoms with van der Waals surface area (Å²) in [4.78, 5) is 11.2. The summed E-state index contributed by atoms with van der Waals surface area (Å²) < 4.78 is 14.2. The third-order valence-corrected chi connectivity index (χ3v) is 1.82. The van der Waals surface area contributed by atoms with Crippen LogP contribution < -0.4 is 5.56 Å². The molecule has 0 aliphatic carbocycles. The van der Waals surface area contributed by atoms with E-state index in [0.29, 0.717) is 0 Å². The average molecular weight is 173 g/mol. The third kappa shape index (κ3) is 1.30. The van der Waals surface area contributed by atoms with E-state index in [1.165, 1.54) is 17.7 Å². The molecule has 0 unspecified atom stereocenters. The van der Waals surface area contributed by atoms with Gasteiger partial charge in [0.05, 0.1) is 10.5 Å². The van der Waals surface area contributed by atoms with Crippen molar-refractivity contribution >= 4 is 12.6 Å². The predicted molar refractivity (Wildman–Crippen MR) is 43.6 cm³/mol. The molecule has 1 aromatic heterocycles. The summed E-state index contributed by atoms with van der Waals surface area (Å²) in [6, 6.07) is 0. The van der Waals surface area contributed by atoms with Gasteiger partial charge in [-0.1, -0.05) is 0 Å². The largest absolute Gasteiger partial charge is 0.317 e. The van der Waals surface area contributed by atoms with Crippen LogP contribution in [-0.4, -0.2) is 4.57 Å². The van der Waals surface area contributed by atoms with Crippen molar-refractivity contribution in [2.75, 3.05) is 0 Å². The second kappa shape index (κ2) is 2.70. The zero-order valence-electron chi connectivity index (χ0n) is 6.26. The Hall–Kier alpha value is -0.770. The first kappa shape index (κ1) is 8.33. The predicted octanol–water partition coefficient (Wildman–Crippen LogP) is 1.12. The summed E-state index contributed by atoms with van der Waals surface area (Å²) in [6.45, 7) is 1.44. The van der Waals surface area contributed by atoms with Gasteiger partial charge in [-0.25, -0.2) is 4.39 Å². The fourth-order valence-electron chi connectivity index (χ4n) is 0.849. The van der Waals surface area contributed by atoms with E-state index in [1.54, 1.807) is 7.05 Å². The number of aryl methyl sites for hydroxylation is 1. The Morgan fingerprint density at radius 1 is 1.64 bits per heavy atom. The number of rotatable bonds is 0. The highest BCUT2D eigenvalue weighted by atomic mass is 32.1. The molecule has 1 aromatic rings. The molecule has 60 valence electrons. The molecule has 1 rings (SSSR count). The van der Waals surface area contributed by atoms with E-state index < -0.39 is 5.82 Å². The van der Waals surface area contributed by atoms with Gasteiger partial charge in [0.2, 0.25) is 0 Å². The van der Waals surface area contributed by atoms with Gasteiger partial charge in [-0.2, -0.15) is 0 Å². The fourth-order valence-corrected chi connectivity index (χ4v) is 1.19. The Labute approximate surface area is 69.1 Å². The van der Waals surface area contributed by atoms with Crippen LogP contribution >= 0.6 is 12.6 Å². The molecule has 11 heavy (non-hydrogen) atoms. The standard InChI is InChI=1S/C7H8FNOS/c1-4-6(8)5(11)3-9(2)7(4)10/h3,11H,1-2H3. The first-order valence-corrected chi connectivity index (χ1v) is 3.53. The lowest BCUT2D eigenvalue weighted by molar-refractivity contribution is 0.576. The highest BCUT2D eigenvalue weighted by molar-refractivity contribution is 7.80. The van der Waals surface area contributed by atoms with Crippen molar-refractivity contribution in [2.24, 2.45) is 7.05 Å². The van der Waals surface area contributed by atoms with E-state index in [2.05, 4.69) is 12.6 Å². The minimum atomic E-state index is -0.531. The summed E-state index contributed by atoms with van der Waals surface area (Å²) in [5, 5.41) is 0. The minimum Gasteiger partial charge on any atom is -0.317 e. The average Bonchev–Trinajstić information content (AvgIpc) is 1.97. The van der Waals surface area contributed by atoms with Gasteiger partial charge in [-0.05, 0) is 6.92 Å². The molecule has 0 aliphatic rings. The summed E-state index contributed by atoms with van der Waals surface area (Å²) in [6.07, 6.45) is 1.35. The van der Waals surface area contributed by atoms with Crippen LogP contribution in [0.25, 0.3) is 0 Å². The molecule has 0 bridgehead atoms. The van der Waals surface area contributed by atoms with Gasteiger partial charge in [0, 0.05) is 13.2 Å². The van der Waals surface area contributed by atoms with Crippen LogP contribution in [0.15, 0.2) is 15.9 Å². The Kier molecular flexibility index (Phi) is 2.04. The molecular weight excluding hydrogens is 165 g/mol. The van der Waals surface area contributed by atoms with Gasteiger partial charge in [-0.15, -0.1) is 12.6 Å². The van der Waals surface area contributed by atoms with E-state index in [9.17, 15) is 9.18 Å². The van der Waals surface area contributed by atoms with Crippen LogP contribution in [0.1, 0.15) is 5.56 Å². The van der Waals surface area contributed by atoms with Gasteiger partial charge >= 0.3 is 0 Å². The zero-order chi connectivity index (χ0) is 8.59. The molecule has 0 atom stereocenters. The number of halogens is 1. The maximum atomic E-state index is 12.9. The summed E-state index contributed by atoms with van der Waals surface area (Å²) in [5.41, 5.74) is -0.208. The topological polar surface area (TPSA) is 22.0 Å². The second-order valence-corrected chi connectivity index (χ2v) is 2.85. The molecule has 0 spiro atoms. The minimum absolute atomic E-state index is 0.111. The molecule has 1 heterocycles. The monoisotopic (exact) mass is 173 g/mol. The first-order valence-electron chi connectivity index (χ1n) is 3.08. The van der Waals surface area contributed by atoms with E-state index in [-0.39, 0.29) is 16.0 Å². The third-order valence-electron chi connectivity index (χ3n) is 1.51. The van der Waals surface area contributed by atoms with Crippen molar-refractivity contribution in [2.45, 2.75) is 11.8 Å². The molecule has 0 radical (unpaired) electrons. The van der Waals surface area contributed by atoms with Crippen molar-refractivity contribution in [3.05, 3.63) is 27.9 Å². The van der Waals surface area contributed by atoms with E-state index in [4.69, 9.17) is 0 Å². The summed E-state index contributed by atoms with van der Waals surface area (Å²) in [7, 11) is 1.56. The zero-order valence-corrected chi connectivity index (χ0v) is 7.15. The molecule has 0 aliphatic heterocycles. The Bertz CT molecular complexity index is 345. The quantitative estimate of drug-likeness (QED) is 0.583. The molecule has 0 saturated heterocycles. The van der Waals surface area contributed by atoms with Gasteiger partial charge in [0.25, 0.3) is 5.56 Å². The van der Waals surface area contributed by atoms with Gasteiger partial charge < -0.3 is 4.57 Å². The molecule has 0 N–H and O–H groups in total. The lowest BCUT2D eigenvalue weighted by Gasteiger charge is -2.02. The van der Waals surface area contributed by atoms with E-state index in [0.717, 1.165) is 0 Å². The molecule has 0 fully saturated rings. The van der Waals surface area contributed by atoms with Crippen molar-refractivity contribution in [1.82, 2.24) is 4.57 Å². The SMILES string of the molecule is Cc1c(F)c(S)cn(C)c1=O. The molecule has 0 amide bonds. The van der Waals surface area contributed by atoms with Gasteiger partial charge in [-0.3, -0.25) is 4.79 Å². The fraction of sp³-hybridized carbons (Fsp3) is 0.286. The molecular formula is C7H8FNOS. The van der Waals surface area contributed by atoms with Crippen molar-refractivity contribution < 1.29 is 4.39 Å². The van der Waals surface area contributed by atoms with Gasteiger partial charge in [0.1, 0.15) is 5.82 Å². The molecule has 0 saturated carbocycles. The van der Waals surface area contributed by atoms with Gasteiger partial charge in [0.15, 0.2) is 0 Å². The number of aromatic nitrogens is 1. The lowest BCUT2D eigenvalue weighted by Crippen LogP contribution is -2.20. The van der Waals surface area contributed by atoms with E-state index >= 15 is 0 Å².